The summed E-state index contributed by atoms with van der Waals surface area (Å²) in [5.74, 6) is -0.180. The van der Waals surface area contributed by atoms with Crippen LogP contribution in [0.5, 0.6) is 0 Å². The van der Waals surface area contributed by atoms with Gasteiger partial charge in [-0.15, -0.1) is 5.43 Å². The van der Waals surface area contributed by atoms with Gasteiger partial charge in [-0.3, -0.25) is 4.79 Å². The van der Waals surface area contributed by atoms with Crippen molar-refractivity contribution in [3.63, 3.8) is 0 Å². The molecule has 0 aliphatic carbocycles. The lowest BCUT2D eigenvalue weighted by atomic mass is 10.1. The number of hydrazine groups is 1. The normalized spacial score (nSPS) is 12.7. The third-order valence-corrected chi connectivity index (χ3v) is 4.88. The molecule has 0 bridgehead atoms. The number of anilines is 2. The summed E-state index contributed by atoms with van der Waals surface area (Å²) < 4.78 is 1.98. The second kappa shape index (κ2) is 6.77. The van der Waals surface area contributed by atoms with Crippen LogP contribution in [0.3, 0.4) is 0 Å². The van der Waals surface area contributed by atoms with Crippen molar-refractivity contribution in [1.82, 2.24) is 4.57 Å². The van der Waals surface area contributed by atoms with E-state index < -0.39 is 5.03 Å². The summed E-state index contributed by atoms with van der Waals surface area (Å²) in [6.45, 7) is 0.976. The summed E-state index contributed by atoms with van der Waals surface area (Å²) in [6.07, 6.45) is 0. The van der Waals surface area contributed by atoms with Crippen LogP contribution in [0.25, 0.3) is 0 Å². The number of halogens is 1. The van der Waals surface area contributed by atoms with Crippen LogP contribution in [-0.2, 0) is 13.1 Å². The highest BCUT2D eigenvalue weighted by Gasteiger charge is 2.25. The van der Waals surface area contributed by atoms with E-state index in [-0.39, 0.29) is 5.91 Å². The van der Waals surface area contributed by atoms with Crippen LogP contribution in [-0.4, -0.2) is 15.5 Å². The molecule has 4 rings (SSSR count). The van der Waals surface area contributed by atoms with Crippen molar-refractivity contribution < 1.29 is 9.83 Å². The van der Waals surface area contributed by atoms with E-state index in [4.69, 9.17) is 11.6 Å². The fourth-order valence-electron chi connectivity index (χ4n) is 3.25. The van der Waals surface area contributed by atoms with E-state index in [0.717, 1.165) is 16.9 Å². The number of nitrogens with one attached hydrogen (secondary N) is 1. The van der Waals surface area contributed by atoms with Crippen molar-refractivity contribution in [3.8, 4) is 0 Å². The molecular formula is C19H15ClN4O3. The van der Waals surface area contributed by atoms with Crippen molar-refractivity contribution in [2.45, 2.75) is 13.1 Å². The Morgan fingerprint density at radius 2 is 1.78 bits per heavy atom. The van der Waals surface area contributed by atoms with E-state index >= 15 is 0 Å². The average molecular weight is 383 g/mol. The maximum Gasteiger partial charge on any atom is 0.258 e. The number of para-hydroxylation sites is 1. The maximum atomic E-state index is 13.2. The average Bonchev–Trinajstić information content (AvgIpc) is 2.90. The topological polar surface area (TPSA) is 80.4 Å². The van der Waals surface area contributed by atoms with E-state index in [0.29, 0.717) is 29.5 Å². The first-order valence-corrected chi connectivity index (χ1v) is 8.65. The minimum absolute atomic E-state index is 0.180. The van der Waals surface area contributed by atoms with Crippen molar-refractivity contribution in [2.24, 2.45) is 0 Å². The van der Waals surface area contributed by atoms with Gasteiger partial charge in [0.2, 0.25) is 0 Å². The highest BCUT2D eigenvalue weighted by molar-refractivity contribution is 6.29. The molecule has 0 fully saturated rings. The van der Waals surface area contributed by atoms with Gasteiger partial charge in [0, 0.05) is 16.9 Å². The molecule has 0 radical (unpaired) electrons. The minimum atomic E-state index is -0.639. The largest absolute Gasteiger partial charge is 0.330 e. The van der Waals surface area contributed by atoms with E-state index in [1.54, 1.807) is 17.0 Å². The lowest BCUT2D eigenvalue weighted by Crippen LogP contribution is -2.30. The quantitative estimate of drug-likeness (QED) is 0.549. The first kappa shape index (κ1) is 17.1. The van der Waals surface area contributed by atoms with Gasteiger partial charge in [0.25, 0.3) is 5.91 Å². The maximum absolute atomic E-state index is 13.2. The van der Waals surface area contributed by atoms with Crippen molar-refractivity contribution in [3.05, 3.63) is 92.8 Å². The van der Waals surface area contributed by atoms with Crippen LogP contribution in [0.1, 0.15) is 21.6 Å². The molecule has 0 unspecified atom stereocenters. The van der Waals surface area contributed by atoms with Gasteiger partial charge in [-0.2, -0.15) is 0 Å². The molecule has 0 spiro atoms. The molecule has 1 aromatic heterocycles. The smallest absolute Gasteiger partial charge is 0.258 e. The van der Waals surface area contributed by atoms with Gasteiger partial charge in [-0.1, -0.05) is 29.8 Å². The summed E-state index contributed by atoms with van der Waals surface area (Å²) >= 11 is 6.30. The zero-order chi connectivity index (χ0) is 19.0. The van der Waals surface area contributed by atoms with Crippen LogP contribution in [0.2, 0.25) is 5.15 Å². The Morgan fingerprint density at radius 1 is 1.04 bits per heavy atom. The number of hydrogen-bond acceptors (Lipinski definition) is 3. The van der Waals surface area contributed by atoms with Gasteiger partial charge in [0.05, 0.1) is 13.1 Å². The fourth-order valence-corrected chi connectivity index (χ4v) is 3.48. The Morgan fingerprint density at radius 3 is 2.52 bits per heavy atom. The third kappa shape index (κ3) is 3.24. The monoisotopic (exact) mass is 382 g/mol. The Labute approximate surface area is 159 Å². The Balaban J connectivity index is 1.71. The predicted molar refractivity (Wildman–Crippen MR) is 103 cm³/mol. The van der Waals surface area contributed by atoms with Crippen LogP contribution >= 0.6 is 11.6 Å². The molecule has 1 amide bonds. The molecule has 2 aromatic carbocycles. The number of nitro groups is 1. The number of benzene rings is 2. The Bertz CT molecular complexity index is 1030. The molecular weight excluding hydrogens is 368 g/mol. The van der Waals surface area contributed by atoms with Gasteiger partial charge >= 0.3 is 0 Å². The molecule has 0 saturated carbocycles. The first-order chi connectivity index (χ1) is 13.0. The molecule has 27 heavy (non-hydrogen) atoms. The number of carbonyl (C=O) groups is 1. The van der Waals surface area contributed by atoms with E-state index in [1.165, 1.54) is 12.1 Å². The molecule has 8 heteroatoms. The Kier molecular flexibility index (Phi) is 4.29. The lowest BCUT2D eigenvalue weighted by molar-refractivity contribution is -0.445. The standard InChI is InChI=1S/C19H15ClN4O3/c20-18-10-9-16-12-23(17-4-2-1-3-14(17)11-22(16)18)19(25)13-5-7-15(8-6-13)21-24(26)27/h1-10,21H,11-12H2. The zero-order valence-electron chi connectivity index (χ0n) is 14.1. The van der Waals surface area contributed by atoms with Crippen molar-refractivity contribution in [1.29, 1.82) is 0 Å². The van der Waals surface area contributed by atoms with E-state index in [2.05, 4.69) is 5.43 Å². The van der Waals surface area contributed by atoms with Crippen LogP contribution in [0, 0.1) is 10.1 Å². The number of amides is 1. The number of hydrogen-bond donors (Lipinski definition) is 1. The molecule has 3 aromatic rings. The third-order valence-electron chi connectivity index (χ3n) is 4.55. The van der Waals surface area contributed by atoms with Crippen LogP contribution < -0.4 is 10.3 Å². The number of carbonyl (C=O) groups excluding carboxylic acids is 1. The predicted octanol–water partition coefficient (Wildman–Crippen LogP) is 3.95. The summed E-state index contributed by atoms with van der Waals surface area (Å²) in [5.41, 5.74) is 5.60. The van der Waals surface area contributed by atoms with Gasteiger partial charge in [0.15, 0.2) is 5.03 Å². The summed E-state index contributed by atoms with van der Waals surface area (Å²) in [7, 11) is 0. The number of fused-ring (bicyclic) bond motifs is 2. The van der Waals surface area contributed by atoms with E-state index in [1.807, 2.05) is 41.0 Å². The van der Waals surface area contributed by atoms with E-state index in [9.17, 15) is 14.9 Å². The molecule has 0 saturated heterocycles. The molecule has 2 heterocycles. The highest BCUT2D eigenvalue weighted by atomic mass is 35.5. The van der Waals surface area contributed by atoms with Crippen LogP contribution in [0.15, 0.2) is 60.7 Å². The van der Waals surface area contributed by atoms with Crippen molar-refractivity contribution in [2.75, 3.05) is 10.3 Å². The van der Waals surface area contributed by atoms with Gasteiger partial charge in [-0.25, -0.2) is 10.1 Å². The molecule has 136 valence electrons. The zero-order valence-corrected chi connectivity index (χ0v) is 14.9. The second-order valence-corrected chi connectivity index (χ2v) is 6.59. The second-order valence-electron chi connectivity index (χ2n) is 6.20. The first-order valence-electron chi connectivity index (χ1n) is 8.28. The fraction of sp³-hybridized carbons (Fsp3) is 0.105. The highest BCUT2D eigenvalue weighted by Crippen LogP contribution is 2.31. The molecule has 0 atom stereocenters. The van der Waals surface area contributed by atoms with Gasteiger partial charge in [0.1, 0.15) is 10.8 Å². The molecule has 1 aliphatic heterocycles. The summed E-state index contributed by atoms with van der Waals surface area (Å²) in [6, 6.07) is 17.6. The number of rotatable bonds is 3. The van der Waals surface area contributed by atoms with Gasteiger partial charge < -0.3 is 9.47 Å². The van der Waals surface area contributed by atoms with Crippen LogP contribution in [0.4, 0.5) is 11.4 Å². The molecule has 1 N–H and O–H groups in total. The Hall–Kier alpha value is -3.32. The molecule has 7 nitrogen and oxygen atoms in total. The number of nitrogens with zero attached hydrogens (tertiary/aromatic N) is 3. The minimum Gasteiger partial charge on any atom is -0.330 e. The molecule has 1 aliphatic rings. The summed E-state index contributed by atoms with van der Waals surface area (Å²) in [4.78, 5) is 25.4. The SMILES string of the molecule is O=C(c1ccc(N[N+](=O)[O-])cc1)N1Cc2ccc(Cl)n2Cc2ccccc21. The summed E-state index contributed by atoms with van der Waals surface area (Å²) in [5, 5.41) is 10.5. The lowest BCUT2D eigenvalue weighted by Gasteiger charge is -2.22. The van der Waals surface area contributed by atoms with Gasteiger partial charge in [-0.05, 0) is 48.0 Å². The van der Waals surface area contributed by atoms with Crippen molar-refractivity contribution >= 4 is 28.9 Å². The number of aromatic nitrogens is 1.